The first-order chi connectivity index (χ1) is 11.6. The van der Waals surface area contributed by atoms with Crippen LogP contribution in [0.2, 0.25) is 0 Å². The minimum atomic E-state index is -0.516. The van der Waals surface area contributed by atoms with E-state index in [-0.39, 0.29) is 5.60 Å². The zero-order valence-electron chi connectivity index (χ0n) is 16.8. The Kier molecular flexibility index (Phi) is 8.69. The predicted molar refractivity (Wildman–Crippen MR) is 101 cm³/mol. The van der Waals surface area contributed by atoms with E-state index in [1.165, 1.54) is 0 Å². The SMILES string of the molecule is COc1ccc(CN(CC(C)C)C[C@H](O)COC(C)(C)C)cc1OC. The van der Waals surface area contributed by atoms with Crippen LogP contribution in [0.25, 0.3) is 0 Å². The Hall–Kier alpha value is -1.30. The lowest BCUT2D eigenvalue weighted by atomic mass is 10.1. The molecule has 144 valence electrons. The zero-order valence-corrected chi connectivity index (χ0v) is 16.8. The molecular weight excluding hydrogens is 318 g/mol. The Morgan fingerprint density at radius 3 is 2.20 bits per heavy atom. The molecule has 0 heterocycles. The van der Waals surface area contributed by atoms with Crippen LogP contribution in [0, 0.1) is 5.92 Å². The Labute approximate surface area is 152 Å². The zero-order chi connectivity index (χ0) is 19.0. The summed E-state index contributed by atoms with van der Waals surface area (Å²) in [4.78, 5) is 2.25. The number of hydrogen-bond acceptors (Lipinski definition) is 5. The number of benzene rings is 1. The van der Waals surface area contributed by atoms with Gasteiger partial charge in [-0.15, -0.1) is 0 Å². The first kappa shape index (κ1) is 21.7. The van der Waals surface area contributed by atoms with Gasteiger partial charge in [0.25, 0.3) is 0 Å². The highest BCUT2D eigenvalue weighted by molar-refractivity contribution is 5.42. The molecule has 0 amide bonds. The van der Waals surface area contributed by atoms with Crippen LogP contribution in [0.5, 0.6) is 11.5 Å². The van der Waals surface area contributed by atoms with E-state index < -0.39 is 6.10 Å². The van der Waals surface area contributed by atoms with Crippen LogP contribution in [0.4, 0.5) is 0 Å². The quantitative estimate of drug-likeness (QED) is 0.699. The summed E-state index contributed by atoms with van der Waals surface area (Å²) >= 11 is 0. The molecule has 0 fully saturated rings. The van der Waals surface area contributed by atoms with E-state index in [1.54, 1.807) is 14.2 Å². The summed E-state index contributed by atoms with van der Waals surface area (Å²) in [5.41, 5.74) is 0.884. The van der Waals surface area contributed by atoms with E-state index in [9.17, 15) is 5.11 Å². The molecule has 0 spiro atoms. The van der Waals surface area contributed by atoms with Crippen molar-refractivity contribution in [2.75, 3.05) is 33.9 Å². The molecule has 1 atom stereocenters. The van der Waals surface area contributed by atoms with E-state index in [1.807, 2.05) is 39.0 Å². The third-order valence-electron chi connectivity index (χ3n) is 3.66. The van der Waals surface area contributed by atoms with Crippen LogP contribution in [0.1, 0.15) is 40.2 Å². The van der Waals surface area contributed by atoms with Gasteiger partial charge in [0, 0.05) is 19.6 Å². The summed E-state index contributed by atoms with van der Waals surface area (Å²) in [6, 6.07) is 5.94. The molecule has 0 aliphatic rings. The molecule has 0 bridgehead atoms. The molecule has 0 aliphatic heterocycles. The van der Waals surface area contributed by atoms with E-state index >= 15 is 0 Å². The van der Waals surface area contributed by atoms with Crippen molar-refractivity contribution in [3.63, 3.8) is 0 Å². The largest absolute Gasteiger partial charge is 0.493 e. The highest BCUT2D eigenvalue weighted by atomic mass is 16.5. The highest BCUT2D eigenvalue weighted by Crippen LogP contribution is 2.28. The summed E-state index contributed by atoms with van der Waals surface area (Å²) in [6.45, 7) is 12.9. The molecule has 1 rings (SSSR count). The number of aliphatic hydroxyl groups is 1. The van der Waals surface area contributed by atoms with Crippen LogP contribution in [0.15, 0.2) is 18.2 Å². The van der Waals surface area contributed by atoms with Crippen LogP contribution in [-0.2, 0) is 11.3 Å². The molecule has 5 nitrogen and oxygen atoms in total. The fourth-order valence-electron chi connectivity index (χ4n) is 2.65. The van der Waals surface area contributed by atoms with Gasteiger partial charge in [-0.05, 0) is 44.4 Å². The van der Waals surface area contributed by atoms with Crippen LogP contribution in [-0.4, -0.2) is 55.6 Å². The second kappa shape index (κ2) is 10.00. The molecule has 25 heavy (non-hydrogen) atoms. The van der Waals surface area contributed by atoms with Gasteiger partial charge in [0.1, 0.15) is 0 Å². The third-order valence-corrected chi connectivity index (χ3v) is 3.66. The average Bonchev–Trinajstić information content (AvgIpc) is 2.51. The fourth-order valence-corrected chi connectivity index (χ4v) is 2.65. The van der Waals surface area contributed by atoms with Gasteiger partial charge in [0.15, 0.2) is 11.5 Å². The summed E-state index contributed by atoms with van der Waals surface area (Å²) in [6.07, 6.45) is -0.516. The maximum absolute atomic E-state index is 10.3. The van der Waals surface area contributed by atoms with Crippen molar-refractivity contribution in [2.24, 2.45) is 5.92 Å². The Bertz CT molecular complexity index is 511. The number of hydrogen-bond donors (Lipinski definition) is 1. The smallest absolute Gasteiger partial charge is 0.161 e. The lowest BCUT2D eigenvalue weighted by molar-refractivity contribution is -0.0573. The number of ether oxygens (including phenoxy) is 3. The van der Waals surface area contributed by atoms with Gasteiger partial charge in [-0.3, -0.25) is 4.90 Å². The lowest BCUT2D eigenvalue weighted by Gasteiger charge is -2.28. The van der Waals surface area contributed by atoms with E-state index in [4.69, 9.17) is 14.2 Å². The number of rotatable bonds is 10. The van der Waals surface area contributed by atoms with Crippen LogP contribution in [0.3, 0.4) is 0 Å². The Morgan fingerprint density at radius 1 is 1.04 bits per heavy atom. The molecule has 5 heteroatoms. The Balaban J connectivity index is 2.75. The molecule has 0 radical (unpaired) electrons. The van der Waals surface area contributed by atoms with Crippen molar-refractivity contribution in [3.05, 3.63) is 23.8 Å². The molecule has 1 aromatic rings. The maximum Gasteiger partial charge on any atom is 0.161 e. The lowest BCUT2D eigenvalue weighted by Crippen LogP contribution is -2.38. The van der Waals surface area contributed by atoms with Gasteiger partial charge in [0.2, 0.25) is 0 Å². The molecule has 1 N–H and O–H groups in total. The van der Waals surface area contributed by atoms with Crippen molar-refractivity contribution in [1.29, 1.82) is 0 Å². The number of aliphatic hydroxyl groups excluding tert-OH is 1. The van der Waals surface area contributed by atoms with Crippen molar-refractivity contribution in [3.8, 4) is 11.5 Å². The maximum atomic E-state index is 10.3. The van der Waals surface area contributed by atoms with Gasteiger partial charge in [-0.2, -0.15) is 0 Å². The third kappa shape index (κ3) is 8.56. The van der Waals surface area contributed by atoms with Crippen LogP contribution >= 0.6 is 0 Å². The van der Waals surface area contributed by atoms with Gasteiger partial charge < -0.3 is 19.3 Å². The van der Waals surface area contributed by atoms with Gasteiger partial charge in [-0.1, -0.05) is 19.9 Å². The van der Waals surface area contributed by atoms with Gasteiger partial charge in [-0.25, -0.2) is 0 Å². The Morgan fingerprint density at radius 2 is 1.68 bits per heavy atom. The molecule has 0 unspecified atom stereocenters. The summed E-state index contributed by atoms with van der Waals surface area (Å²) in [5, 5.41) is 10.3. The fraction of sp³-hybridized carbons (Fsp3) is 0.700. The number of nitrogens with zero attached hydrogens (tertiary/aromatic N) is 1. The predicted octanol–water partition coefficient (Wildman–Crippen LogP) is 3.34. The molecule has 0 saturated heterocycles. The van der Waals surface area contributed by atoms with E-state index in [0.29, 0.717) is 19.1 Å². The molecular formula is C20H35NO4. The minimum Gasteiger partial charge on any atom is -0.493 e. The summed E-state index contributed by atoms with van der Waals surface area (Å²) in [7, 11) is 3.27. The topological polar surface area (TPSA) is 51.2 Å². The first-order valence-electron chi connectivity index (χ1n) is 8.90. The molecule has 0 saturated carbocycles. The highest BCUT2D eigenvalue weighted by Gasteiger charge is 2.18. The van der Waals surface area contributed by atoms with E-state index in [0.717, 1.165) is 30.2 Å². The van der Waals surface area contributed by atoms with Crippen molar-refractivity contribution in [1.82, 2.24) is 4.90 Å². The number of methoxy groups -OCH3 is 2. The summed E-state index contributed by atoms with van der Waals surface area (Å²) < 4.78 is 16.4. The second-order valence-electron chi connectivity index (χ2n) is 7.85. The van der Waals surface area contributed by atoms with Gasteiger partial charge in [0.05, 0.1) is 32.5 Å². The molecule has 0 aromatic heterocycles. The van der Waals surface area contributed by atoms with Crippen LogP contribution < -0.4 is 9.47 Å². The normalized spacial score (nSPS) is 13.4. The standard InChI is InChI=1S/C20H35NO4/c1-15(2)11-21(13-17(22)14-25-20(3,4)5)12-16-8-9-18(23-6)19(10-16)24-7/h8-10,15,17,22H,11-14H2,1-7H3/t17-/m0/s1. The van der Waals surface area contributed by atoms with Crippen molar-refractivity contribution >= 4 is 0 Å². The summed E-state index contributed by atoms with van der Waals surface area (Å²) in [5.74, 6) is 1.96. The van der Waals surface area contributed by atoms with Gasteiger partial charge >= 0.3 is 0 Å². The monoisotopic (exact) mass is 353 g/mol. The molecule has 1 aromatic carbocycles. The van der Waals surface area contributed by atoms with Crippen molar-refractivity contribution in [2.45, 2.75) is 52.9 Å². The minimum absolute atomic E-state index is 0.243. The first-order valence-corrected chi connectivity index (χ1v) is 8.90. The molecule has 0 aliphatic carbocycles. The van der Waals surface area contributed by atoms with E-state index in [2.05, 4.69) is 18.7 Å². The second-order valence-corrected chi connectivity index (χ2v) is 7.85. The van der Waals surface area contributed by atoms with Crippen molar-refractivity contribution < 1.29 is 19.3 Å². The average molecular weight is 354 g/mol.